The van der Waals surface area contributed by atoms with E-state index in [9.17, 15) is 0 Å². The van der Waals surface area contributed by atoms with Crippen molar-refractivity contribution in [2.75, 3.05) is 6.54 Å². The lowest BCUT2D eigenvalue weighted by Gasteiger charge is -2.26. The van der Waals surface area contributed by atoms with Gasteiger partial charge in [-0.1, -0.05) is 13.8 Å². The molecule has 0 aliphatic heterocycles. The van der Waals surface area contributed by atoms with Crippen LogP contribution >= 0.6 is 11.3 Å². The van der Waals surface area contributed by atoms with E-state index < -0.39 is 0 Å². The summed E-state index contributed by atoms with van der Waals surface area (Å²) in [7, 11) is 0. The second kappa shape index (κ2) is 6.67. The van der Waals surface area contributed by atoms with Crippen molar-refractivity contribution in [1.82, 2.24) is 10.3 Å². The van der Waals surface area contributed by atoms with Crippen LogP contribution in [0.5, 0.6) is 0 Å². The average molecular weight is 268 g/mol. The van der Waals surface area contributed by atoms with E-state index in [1.165, 1.54) is 16.3 Å². The predicted octanol–water partition coefficient (Wildman–Crippen LogP) is 4.04. The van der Waals surface area contributed by atoms with Crippen LogP contribution < -0.4 is 5.32 Å². The molecule has 1 rings (SSSR count). The monoisotopic (exact) mass is 268 g/mol. The summed E-state index contributed by atoms with van der Waals surface area (Å²) >= 11 is 1.84. The molecule has 0 fully saturated rings. The van der Waals surface area contributed by atoms with Gasteiger partial charge in [-0.2, -0.15) is 0 Å². The molecule has 1 aromatic heterocycles. The summed E-state index contributed by atoms with van der Waals surface area (Å²) in [5, 5.41) is 4.82. The summed E-state index contributed by atoms with van der Waals surface area (Å²) in [6, 6.07) is 0. The topological polar surface area (TPSA) is 24.9 Å². The first-order valence-corrected chi connectivity index (χ1v) is 7.74. The minimum atomic E-state index is 0.207. The van der Waals surface area contributed by atoms with Crippen LogP contribution in [-0.2, 0) is 6.42 Å². The molecule has 0 saturated carbocycles. The Balaban J connectivity index is 2.55. The minimum absolute atomic E-state index is 0.207. The minimum Gasteiger partial charge on any atom is -0.312 e. The SMILES string of the molecule is Cc1ncc(CC(CNC(C)(C)C)CC(C)C)s1. The van der Waals surface area contributed by atoms with Crippen LogP contribution in [0.15, 0.2) is 6.20 Å². The van der Waals surface area contributed by atoms with Gasteiger partial charge in [0.25, 0.3) is 0 Å². The maximum atomic E-state index is 4.36. The number of aryl methyl sites for hydroxylation is 1. The van der Waals surface area contributed by atoms with Crippen LogP contribution in [0.2, 0.25) is 0 Å². The van der Waals surface area contributed by atoms with Crippen molar-refractivity contribution >= 4 is 11.3 Å². The molecular formula is C15H28N2S. The van der Waals surface area contributed by atoms with Crippen LogP contribution in [0, 0.1) is 18.8 Å². The Morgan fingerprint density at radius 3 is 2.44 bits per heavy atom. The molecule has 0 aliphatic carbocycles. The van der Waals surface area contributed by atoms with E-state index in [0.29, 0.717) is 5.92 Å². The Labute approximate surface area is 116 Å². The van der Waals surface area contributed by atoms with E-state index in [2.05, 4.69) is 51.8 Å². The van der Waals surface area contributed by atoms with Crippen LogP contribution in [0.4, 0.5) is 0 Å². The summed E-state index contributed by atoms with van der Waals surface area (Å²) in [6.07, 6.45) is 4.48. The second-order valence-electron chi connectivity index (χ2n) is 6.68. The quantitative estimate of drug-likeness (QED) is 0.842. The number of rotatable bonds is 6. The predicted molar refractivity (Wildman–Crippen MR) is 81.3 cm³/mol. The van der Waals surface area contributed by atoms with Crippen molar-refractivity contribution in [2.24, 2.45) is 11.8 Å². The number of nitrogens with one attached hydrogen (secondary N) is 1. The molecule has 0 bridgehead atoms. The molecule has 1 atom stereocenters. The molecule has 1 aromatic rings. The Hall–Kier alpha value is -0.410. The molecule has 0 aliphatic rings. The molecule has 0 radical (unpaired) electrons. The van der Waals surface area contributed by atoms with E-state index in [-0.39, 0.29) is 5.54 Å². The molecule has 0 amide bonds. The lowest BCUT2D eigenvalue weighted by atomic mass is 9.92. The average Bonchev–Trinajstić information content (AvgIpc) is 2.58. The molecule has 0 saturated heterocycles. The number of aromatic nitrogens is 1. The molecule has 1 N–H and O–H groups in total. The Bertz CT molecular complexity index is 350. The summed E-state index contributed by atoms with van der Waals surface area (Å²) < 4.78 is 0. The van der Waals surface area contributed by atoms with E-state index >= 15 is 0 Å². The van der Waals surface area contributed by atoms with Gasteiger partial charge in [0.1, 0.15) is 0 Å². The molecule has 1 unspecified atom stereocenters. The molecule has 0 spiro atoms. The molecular weight excluding hydrogens is 240 g/mol. The van der Waals surface area contributed by atoms with Gasteiger partial charge in [0.05, 0.1) is 5.01 Å². The van der Waals surface area contributed by atoms with E-state index in [0.717, 1.165) is 18.9 Å². The molecule has 18 heavy (non-hydrogen) atoms. The van der Waals surface area contributed by atoms with Gasteiger partial charge >= 0.3 is 0 Å². The zero-order chi connectivity index (χ0) is 13.8. The van der Waals surface area contributed by atoms with Gasteiger partial charge < -0.3 is 5.32 Å². The third-order valence-corrected chi connectivity index (χ3v) is 3.82. The third-order valence-electron chi connectivity index (χ3n) is 2.88. The van der Waals surface area contributed by atoms with Crippen molar-refractivity contribution in [3.8, 4) is 0 Å². The summed E-state index contributed by atoms with van der Waals surface area (Å²) in [4.78, 5) is 5.78. The Morgan fingerprint density at radius 2 is 2.00 bits per heavy atom. The van der Waals surface area contributed by atoms with Crippen LogP contribution in [0.3, 0.4) is 0 Å². The third kappa shape index (κ3) is 6.50. The van der Waals surface area contributed by atoms with Crippen molar-refractivity contribution in [3.63, 3.8) is 0 Å². The van der Waals surface area contributed by atoms with E-state index in [4.69, 9.17) is 0 Å². The fraction of sp³-hybridized carbons (Fsp3) is 0.800. The van der Waals surface area contributed by atoms with Gasteiger partial charge in [-0.3, -0.25) is 0 Å². The highest BCUT2D eigenvalue weighted by Crippen LogP contribution is 2.21. The largest absolute Gasteiger partial charge is 0.312 e. The van der Waals surface area contributed by atoms with Crippen LogP contribution in [0.1, 0.15) is 50.9 Å². The summed E-state index contributed by atoms with van der Waals surface area (Å²) in [6.45, 7) is 14.5. The number of hydrogen-bond donors (Lipinski definition) is 1. The van der Waals surface area contributed by atoms with Gasteiger partial charge in [-0.25, -0.2) is 4.98 Å². The molecule has 0 aromatic carbocycles. The maximum absolute atomic E-state index is 4.36. The van der Waals surface area contributed by atoms with Crippen molar-refractivity contribution in [3.05, 3.63) is 16.1 Å². The first-order valence-electron chi connectivity index (χ1n) is 6.92. The lowest BCUT2D eigenvalue weighted by Crippen LogP contribution is -2.39. The molecule has 104 valence electrons. The maximum Gasteiger partial charge on any atom is 0.0896 e. The number of hydrogen-bond acceptors (Lipinski definition) is 3. The normalized spacial score (nSPS) is 14.2. The van der Waals surface area contributed by atoms with Gasteiger partial charge in [-0.05, 0) is 58.9 Å². The highest BCUT2D eigenvalue weighted by molar-refractivity contribution is 7.11. The van der Waals surface area contributed by atoms with Crippen molar-refractivity contribution in [2.45, 2.75) is 59.9 Å². The van der Waals surface area contributed by atoms with Crippen molar-refractivity contribution in [1.29, 1.82) is 0 Å². The summed E-state index contributed by atoms with van der Waals surface area (Å²) in [5.41, 5.74) is 0.207. The number of thiazole rings is 1. The first kappa shape index (κ1) is 15.6. The number of nitrogens with zero attached hydrogens (tertiary/aromatic N) is 1. The van der Waals surface area contributed by atoms with E-state index in [1.807, 2.05) is 17.5 Å². The second-order valence-corrected chi connectivity index (χ2v) is 8.00. The van der Waals surface area contributed by atoms with Crippen LogP contribution in [0.25, 0.3) is 0 Å². The fourth-order valence-electron chi connectivity index (χ4n) is 2.14. The van der Waals surface area contributed by atoms with Gasteiger partial charge in [-0.15, -0.1) is 11.3 Å². The molecule has 3 heteroatoms. The van der Waals surface area contributed by atoms with Gasteiger partial charge in [0.15, 0.2) is 0 Å². The smallest absolute Gasteiger partial charge is 0.0896 e. The van der Waals surface area contributed by atoms with Gasteiger partial charge in [0.2, 0.25) is 0 Å². The zero-order valence-corrected chi connectivity index (χ0v) is 13.5. The van der Waals surface area contributed by atoms with Gasteiger partial charge in [0, 0.05) is 16.6 Å². The summed E-state index contributed by atoms with van der Waals surface area (Å²) in [5.74, 6) is 1.47. The van der Waals surface area contributed by atoms with Crippen LogP contribution in [-0.4, -0.2) is 17.1 Å². The molecule has 1 heterocycles. The molecule has 2 nitrogen and oxygen atoms in total. The Morgan fingerprint density at radius 1 is 1.33 bits per heavy atom. The van der Waals surface area contributed by atoms with E-state index in [1.54, 1.807) is 0 Å². The van der Waals surface area contributed by atoms with Crippen molar-refractivity contribution < 1.29 is 0 Å². The first-order chi connectivity index (χ1) is 8.26. The highest BCUT2D eigenvalue weighted by Gasteiger charge is 2.16. The lowest BCUT2D eigenvalue weighted by molar-refractivity contribution is 0.332. The Kier molecular flexibility index (Phi) is 5.80. The standard InChI is InChI=1S/C15H28N2S/c1-11(2)7-13(9-17-15(4,5)6)8-14-10-16-12(3)18-14/h10-11,13,17H,7-9H2,1-6H3. The fourth-order valence-corrected chi connectivity index (χ4v) is 3.05. The zero-order valence-electron chi connectivity index (χ0n) is 12.7. The highest BCUT2D eigenvalue weighted by atomic mass is 32.1.